The Morgan fingerprint density at radius 1 is 1.26 bits per heavy atom. The summed E-state index contributed by atoms with van der Waals surface area (Å²) in [5, 5.41) is 4.79. The molecule has 0 aliphatic heterocycles. The van der Waals surface area contributed by atoms with Crippen LogP contribution < -0.4 is 5.32 Å². The molecular formula is C20H18ClNO3S2. The first kappa shape index (κ1) is 18.5. The SMILES string of the molecule is COC(=O)c1c(NC(=O)c2sc3ccccc3c2Cl)sc2c1CC[C@H](C)C2. The number of ether oxygens (including phenoxy) is 1. The third-order valence-electron chi connectivity index (χ3n) is 4.87. The number of anilines is 1. The molecule has 3 aromatic rings. The molecule has 0 fully saturated rings. The Morgan fingerprint density at radius 3 is 2.78 bits per heavy atom. The Kier molecular flexibility index (Phi) is 4.97. The van der Waals surface area contributed by atoms with E-state index in [0.717, 1.165) is 39.8 Å². The maximum absolute atomic E-state index is 12.9. The molecule has 2 aromatic heterocycles. The second kappa shape index (κ2) is 7.26. The lowest BCUT2D eigenvalue weighted by molar-refractivity contribution is 0.0601. The van der Waals surface area contributed by atoms with Crippen molar-refractivity contribution in [2.45, 2.75) is 26.2 Å². The van der Waals surface area contributed by atoms with E-state index in [1.165, 1.54) is 29.8 Å². The molecule has 4 nitrogen and oxygen atoms in total. The van der Waals surface area contributed by atoms with E-state index < -0.39 is 5.97 Å². The number of halogens is 1. The summed E-state index contributed by atoms with van der Waals surface area (Å²) in [5.41, 5.74) is 1.51. The topological polar surface area (TPSA) is 55.4 Å². The number of amides is 1. The van der Waals surface area contributed by atoms with Gasteiger partial charge in [-0.25, -0.2) is 4.79 Å². The maximum atomic E-state index is 12.9. The van der Waals surface area contributed by atoms with E-state index in [4.69, 9.17) is 16.3 Å². The van der Waals surface area contributed by atoms with Gasteiger partial charge in [0.05, 0.1) is 17.7 Å². The van der Waals surface area contributed by atoms with Gasteiger partial charge in [-0.1, -0.05) is 36.7 Å². The van der Waals surface area contributed by atoms with Crippen molar-refractivity contribution < 1.29 is 14.3 Å². The minimum absolute atomic E-state index is 0.294. The number of methoxy groups -OCH3 is 1. The molecule has 2 heterocycles. The van der Waals surface area contributed by atoms with E-state index in [2.05, 4.69) is 12.2 Å². The summed E-state index contributed by atoms with van der Waals surface area (Å²) in [6.07, 6.45) is 2.78. The smallest absolute Gasteiger partial charge is 0.341 e. The standard InChI is InChI=1S/C20H18ClNO3S2/c1-10-7-8-11-14(9-10)27-19(15(11)20(24)25-2)22-18(23)17-16(21)12-5-3-4-6-13(12)26-17/h3-6,10H,7-9H2,1-2H3,(H,22,23)/t10-/m0/s1. The van der Waals surface area contributed by atoms with Crippen LogP contribution in [0, 0.1) is 5.92 Å². The van der Waals surface area contributed by atoms with E-state index in [1.807, 2.05) is 24.3 Å². The quantitative estimate of drug-likeness (QED) is 0.547. The molecule has 0 radical (unpaired) electrons. The summed E-state index contributed by atoms with van der Waals surface area (Å²) in [7, 11) is 1.37. The van der Waals surface area contributed by atoms with E-state index >= 15 is 0 Å². The molecule has 0 saturated carbocycles. The number of fused-ring (bicyclic) bond motifs is 2. The highest BCUT2D eigenvalue weighted by molar-refractivity contribution is 7.22. The third-order valence-corrected chi connectivity index (χ3v) is 7.71. The second-order valence-corrected chi connectivity index (χ2v) is 9.28. The molecule has 0 unspecified atom stereocenters. The van der Waals surface area contributed by atoms with E-state index in [9.17, 15) is 9.59 Å². The predicted molar refractivity (Wildman–Crippen MR) is 112 cm³/mol. The fourth-order valence-electron chi connectivity index (χ4n) is 3.48. The fourth-order valence-corrected chi connectivity index (χ4v) is 6.28. The van der Waals surface area contributed by atoms with Gasteiger partial charge in [-0.3, -0.25) is 4.79 Å². The lowest BCUT2D eigenvalue weighted by Gasteiger charge is -2.18. The molecule has 1 atom stereocenters. The zero-order chi connectivity index (χ0) is 19.1. The van der Waals surface area contributed by atoms with Gasteiger partial charge in [0, 0.05) is 15.0 Å². The van der Waals surface area contributed by atoms with Crippen LogP contribution in [0.1, 0.15) is 43.8 Å². The molecule has 27 heavy (non-hydrogen) atoms. The van der Waals surface area contributed by atoms with Crippen molar-refractivity contribution in [1.82, 2.24) is 0 Å². The van der Waals surface area contributed by atoms with Crippen LogP contribution in [0.3, 0.4) is 0 Å². The highest BCUT2D eigenvalue weighted by atomic mass is 35.5. The summed E-state index contributed by atoms with van der Waals surface area (Å²) in [6.45, 7) is 2.20. The average Bonchev–Trinajstić information content (AvgIpc) is 3.18. The highest BCUT2D eigenvalue weighted by Gasteiger charge is 2.29. The first-order valence-electron chi connectivity index (χ1n) is 8.70. The minimum Gasteiger partial charge on any atom is -0.465 e. The van der Waals surface area contributed by atoms with Crippen LogP contribution in [0.5, 0.6) is 0 Å². The number of hydrogen-bond donors (Lipinski definition) is 1. The van der Waals surface area contributed by atoms with Crippen LogP contribution >= 0.6 is 34.3 Å². The molecule has 0 bridgehead atoms. The Morgan fingerprint density at radius 2 is 2.04 bits per heavy atom. The summed E-state index contributed by atoms with van der Waals surface area (Å²) < 4.78 is 5.94. The molecule has 4 rings (SSSR count). The van der Waals surface area contributed by atoms with Crippen molar-refractivity contribution in [2.24, 2.45) is 5.92 Å². The van der Waals surface area contributed by atoms with Crippen LogP contribution in [-0.2, 0) is 17.6 Å². The van der Waals surface area contributed by atoms with Gasteiger partial charge < -0.3 is 10.1 Å². The average molecular weight is 420 g/mol. The van der Waals surface area contributed by atoms with Crippen molar-refractivity contribution in [3.05, 3.63) is 50.2 Å². The Bertz CT molecular complexity index is 1050. The van der Waals surface area contributed by atoms with E-state index in [-0.39, 0.29) is 5.91 Å². The first-order chi connectivity index (χ1) is 13.0. The van der Waals surface area contributed by atoms with Crippen LogP contribution in [0.25, 0.3) is 10.1 Å². The molecule has 1 aliphatic carbocycles. The van der Waals surface area contributed by atoms with Crippen molar-refractivity contribution in [1.29, 1.82) is 0 Å². The lowest BCUT2D eigenvalue weighted by atomic mass is 9.88. The van der Waals surface area contributed by atoms with Gasteiger partial charge in [0.25, 0.3) is 5.91 Å². The van der Waals surface area contributed by atoms with Gasteiger partial charge in [0.15, 0.2) is 0 Å². The first-order valence-corrected chi connectivity index (χ1v) is 10.7. The number of rotatable bonds is 3. The van der Waals surface area contributed by atoms with Crippen LogP contribution in [0.4, 0.5) is 5.00 Å². The van der Waals surface area contributed by atoms with Crippen molar-refractivity contribution >= 4 is 61.2 Å². The van der Waals surface area contributed by atoms with Crippen LogP contribution in [0.2, 0.25) is 5.02 Å². The zero-order valence-corrected chi connectivity index (χ0v) is 17.3. The maximum Gasteiger partial charge on any atom is 0.341 e. The Balaban J connectivity index is 1.72. The Labute approximate surface area is 170 Å². The van der Waals surface area contributed by atoms with Crippen molar-refractivity contribution in [3.8, 4) is 0 Å². The van der Waals surface area contributed by atoms with Gasteiger partial charge in [0.2, 0.25) is 0 Å². The normalized spacial score (nSPS) is 16.2. The molecule has 1 aliphatic rings. The number of nitrogens with one attached hydrogen (secondary N) is 1. The molecule has 1 aromatic carbocycles. The van der Waals surface area contributed by atoms with Gasteiger partial charge in [-0.2, -0.15) is 0 Å². The van der Waals surface area contributed by atoms with Crippen LogP contribution in [-0.4, -0.2) is 19.0 Å². The third kappa shape index (κ3) is 3.26. The number of esters is 1. The summed E-state index contributed by atoms with van der Waals surface area (Å²) in [4.78, 5) is 26.9. The van der Waals surface area contributed by atoms with Gasteiger partial charge in [-0.05, 0) is 36.8 Å². The lowest BCUT2D eigenvalue weighted by Crippen LogP contribution is -2.15. The summed E-state index contributed by atoms with van der Waals surface area (Å²) >= 11 is 9.25. The summed E-state index contributed by atoms with van der Waals surface area (Å²) in [5.74, 6) is -0.125. The minimum atomic E-state index is -0.403. The highest BCUT2D eigenvalue weighted by Crippen LogP contribution is 2.41. The Hall–Kier alpha value is -1.89. The summed E-state index contributed by atoms with van der Waals surface area (Å²) in [6, 6.07) is 7.65. The molecule has 7 heteroatoms. The van der Waals surface area contributed by atoms with Crippen molar-refractivity contribution in [2.75, 3.05) is 12.4 Å². The molecule has 0 saturated heterocycles. The van der Waals surface area contributed by atoms with Crippen molar-refractivity contribution in [3.63, 3.8) is 0 Å². The molecule has 140 valence electrons. The monoisotopic (exact) mass is 419 g/mol. The zero-order valence-electron chi connectivity index (χ0n) is 14.9. The van der Waals surface area contributed by atoms with E-state index in [0.29, 0.717) is 26.4 Å². The number of carbonyl (C=O) groups is 2. The van der Waals surface area contributed by atoms with E-state index in [1.54, 1.807) is 0 Å². The number of benzene rings is 1. The second-order valence-electron chi connectivity index (χ2n) is 6.74. The van der Waals surface area contributed by atoms with Crippen LogP contribution in [0.15, 0.2) is 24.3 Å². The molecule has 1 N–H and O–H groups in total. The number of hydrogen-bond acceptors (Lipinski definition) is 5. The molecular weight excluding hydrogens is 402 g/mol. The van der Waals surface area contributed by atoms with Gasteiger partial charge in [-0.15, -0.1) is 22.7 Å². The molecule has 0 spiro atoms. The van der Waals surface area contributed by atoms with Gasteiger partial charge >= 0.3 is 5.97 Å². The number of carbonyl (C=O) groups excluding carboxylic acids is 2. The van der Waals surface area contributed by atoms with Gasteiger partial charge in [0.1, 0.15) is 9.88 Å². The number of thiophene rings is 2. The molecule has 1 amide bonds. The predicted octanol–water partition coefficient (Wildman–Crippen LogP) is 5.78. The largest absolute Gasteiger partial charge is 0.465 e. The fraction of sp³-hybridized carbons (Fsp3) is 0.300.